The van der Waals surface area contributed by atoms with Crippen LogP contribution in [-0.4, -0.2) is 39.1 Å². The molecule has 0 saturated carbocycles. The minimum absolute atomic E-state index is 0.0964. The zero-order valence-electron chi connectivity index (χ0n) is 12.0. The van der Waals surface area contributed by atoms with Gasteiger partial charge < -0.3 is 24.6 Å². The summed E-state index contributed by atoms with van der Waals surface area (Å²) in [6, 6.07) is 3.90. The molecule has 0 bridgehead atoms. The maximum Gasteiger partial charge on any atom is 0.203 e. The maximum absolute atomic E-state index is 9.16. The van der Waals surface area contributed by atoms with E-state index in [-0.39, 0.29) is 12.6 Å². The molecule has 2 N–H and O–H groups in total. The lowest BCUT2D eigenvalue weighted by Crippen LogP contribution is -2.31. The molecule has 5 nitrogen and oxygen atoms in total. The molecule has 0 saturated heterocycles. The Kier molecular flexibility index (Phi) is 6.45. The van der Waals surface area contributed by atoms with Crippen LogP contribution in [0.3, 0.4) is 0 Å². The number of ether oxygens (including phenoxy) is 3. The Balaban J connectivity index is 2.90. The fourth-order valence-electron chi connectivity index (χ4n) is 1.84. The van der Waals surface area contributed by atoms with E-state index < -0.39 is 0 Å². The molecule has 0 aliphatic carbocycles. The number of benzene rings is 1. The average Bonchev–Trinajstić information content (AvgIpc) is 2.46. The summed E-state index contributed by atoms with van der Waals surface area (Å²) < 4.78 is 15.9. The van der Waals surface area contributed by atoms with Gasteiger partial charge in [0.1, 0.15) is 0 Å². The number of nitrogens with one attached hydrogen (secondary N) is 1. The van der Waals surface area contributed by atoms with Crippen LogP contribution in [0.4, 0.5) is 0 Å². The first kappa shape index (κ1) is 15.6. The fraction of sp³-hybridized carbons (Fsp3) is 0.571. The van der Waals surface area contributed by atoms with E-state index in [9.17, 15) is 0 Å². The summed E-state index contributed by atoms with van der Waals surface area (Å²) in [6.45, 7) is 2.79. The van der Waals surface area contributed by atoms with Gasteiger partial charge in [-0.2, -0.15) is 0 Å². The van der Waals surface area contributed by atoms with Crippen molar-refractivity contribution in [2.24, 2.45) is 0 Å². The van der Waals surface area contributed by atoms with Crippen molar-refractivity contribution in [3.63, 3.8) is 0 Å². The van der Waals surface area contributed by atoms with Gasteiger partial charge >= 0.3 is 0 Å². The third kappa shape index (κ3) is 4.01. The van der Waals surface area contributed by atoms with Gasteiger partial charge in [-0.25, -0.2) is 0 Å². The largest absolute Gasteiger partial charge is 0.493 e. The second-order valence-corrected chi connectivity index (χ2v) is 4.20. The molecule has 0 aromatic heterocycles. The van der Waals surface area contributed by atoms with Crippen molar-refractivity contribution in [1.29, 1.82) is 0 Å². The smallest absolute Gasteiger partial charge is 0.203 e. The van der Waals surface area contributed by atoms with E-state index in [1.165, 1.54) is 0 Å². The van der Waals surface area contributed by atoms with E-state index in [0.29, 0.717) is 23.8 Å². The number of rotatable bonds is 8. The number of hydrogen-bond acceptors (Lipinski definition) is 5. The normalized spacial score (nSPS) is 12.1. The molecule has 0 aliphatic heterocycles. The molecule has 0 radical (unpaired) electrons. The van der Waals surface area contributed by atoms with Crippen LogP contribution in [0.25, 0.3) is 0 Å². The highest BCUT2D eigenvalue weighted by atomic mass is 16.5. The van der Waals surface area contributed by atoms with E-state index in [1.54, 1.807) is 21.3 Å². The first-order chi connectivity index (χ1) is 9.19. The van der Waals surface area contributed by atoms with E-state index >= 15 is 0 Å². The van der Waals surface area contributed by atoms with Crippen molar-refractivity contribution in [2.75, 3.05) is 27.9 Å². The Morgan fingerprint density at radius 3 is 2.05 bits per heavy atom. The molecule has 108 valence electrons. The maximum atomic E-state index is 9.16. The molecule has 0 unspecified atom stereocenters. The zero-order valence-corrected chi connectivity index (χ0v) is 12.0. The predicted molar refractivity (Wildman–Crippen MR) is 74.1 cm³/mol. The second kappa shape index (κ2) is 7.86. The first-order valence-corrected chi connectivity index (χ1v) is 6.33. The van der Waals surface area contributed by atoms with Gasteiger partial charge in [-0.15, -0.1) is 0 Å². The summed E-state index contributed by atoms with van der Waals surface area (Å²) in [5.74, 6) is 1.86. The Labute approximate surface area is 114 Å². The SMILES string of the molecule is CC[C@H](CO)NCc1cc(OC)c(OC)c(OC)c1. The lowest BCUT2D eigenvalue weighted by molar-refractivity contribution is 0.238. The van der Waals surface area contributed by atoms with Crippen LogP contribution >= 0.6 is 0 Å². The Morgan fingerprint density at radius 1 is 1.11 bits per heavy atom. The third-order valence-electron chi connectivity index (χ3n) is 3.03. The monoisotopic (exact) mass is 269 g/mol. The number of aliphatic hydroxyl groups excluding tert-OH is 1. The number of hydrogen-bond donors (Lipinski definition) is 2. The van der Waals surface area contributed by atoms with Crippen LogP contribution in [0.15, 0.2) is 12.1 Å². The van der Waals surface area contributed by atoms with Gasteiger partial charge in [0, 0.05) is 12.6 Å². The molecule has 1 atom stereocenters. The summed E-state index contributed by atoms with van der Waals surface area (Å²) in [5.41, 5.74) is 1.02. The van der Waals surface area contributed by atoms with Gasteiger partial charge in [0.15, 0.2) is 11.5 Å². The van der Waals surface area contributed by atoms with Crippen molar-refractivity contribution < 1.29 is 19.3 Å². The van der Waals surface area contributed by atoms with Crippen LogP contribution in [0.5, 0.6) is 17.2 Å². The Morgan fingerprint density at radius 2 is 1.68 bits per heavy atom. The number of methoxy groups -OCH3 is 3. The van der Waals surface area contributed by atoms with Gasteiger partial charge in [0.05, 0.1) is 27.9 Å². The molecule has 0 fully saturated rings. The molecule has 1 aromatic carbocycles. The molecule has 1 rings (SSSR count). The molecular formula is C14H23NO4. The minimum atomic E-state index is 0.0964. The lowest BCUT2D eigenvalue weighted by Gasteiger charge is -2.17. The summed E-state index contributed by atoms with van der Waals surface area (Å²) in [6.07, 6.45) is 0.876. The second-order valence-electron chi connectivity index (χ2n) is 4.20. The molecule has 19 heavy (non-hydrogen) atoms. The standard InChI is InChI=1S/C14H23NO4/c1-5-11(9-16)15-8-10-6-12(17-2)14(19-4)13(7-10)18-3/h6-7,11,15-16H,5,8-9H2,1-4H3/t11-/m1/s1. The van der Waals surface area contributed by atoms with E-state index in [0.717, 1.165) is 12.0 Å². The Hall–Kier alpha value is -1.46. The first-order valence-electron chi connectivity index (χ1n) is 6.33. The van der Waals surface area contributed by atoms with Gasteiger partial charge in [-0.1, -0.05) is 6.92 Å². The molecule has 0 spiro atoms. The van der Waals surface area contributed by atoms with Crippen molar-refractivity contribution in [3.05, 3.63) is 17.7 Å². The van der Waals surface area contributed by atoms with E-state index in [2.05, 4.69) is 5.32 Å². The highest BCUT2D eigenvalue weighted by Crippen LogP contribution is 2.38. The summed E-state index contributed by atoms with van der Waals surface area (Å²) >= 11 is 0. The highest BCUT2D eigenvalue weighted by Gasteiger charge is 2.13. The predicted octanol–water partition coefficient (Wildman–Crippen LogP) is 1.57. The van der Waals surface area contributed by atoms with Crippen molar-refractivity contribution in [3.8, 4) is 17.2 Å². The lowest BCUT2D eigenvalue weighted by atomic mass is 10.1. The Bertz CT molecular complexity index is 366. The van der Waals surface area contributed by atoms with Crippen molar-refractivity contribution in [2.45, 2.75) is 25.9 Å². The molecule has 5 heteroatoms. The molecule has 0 amide bonds. The van der Waals surface area contributed by atoms with E-state index in [4.69, 9.17) is 19.3 Å². The topological polar surface area (TPSA) is 60.0 Å². The van der Waals surface area contributed by atoms with Crippen LogP contribution in [0.1, 0.15) is 18.9 Å². The van der Waals surface area contributed by atoms with Crippen molar-refractivity contribution in [1.82, 2.24) is 5.32 Å². The minimum Gasteiger partial charge on any atom is -0.493 e. The quantitative estimate of drug-likeness (QED) is 0.750. The van der Waals surface area contributed by atoms with Gasteiger partial charge in [0.2, 0.25) is 5.75 Å². The third-order valence-corrected chi connectivity index (χ3v) is 3.03. The van der Waals surface area contributed by atoms with Gasteiger partial charge in [-0.05, 0) is 24.1 Å². The van der Waals surface area contributed by atoms with Crippen LogP contribution in [-0.2, 0) is 6.54 Å². The van der Waals surface area contributed by atoms with Crippen LogP contribution < -0.4 is 19.5 Å². The van der Waals surface area contributed by atoms with E-state index in [1.807, 2.05) is 19.1 Å². The molecule has 0 heterocycles. The zero-order chi connectivity index (χ0) is 14.3. The highest BCUT2D eigenvalue weighted by molar-refractivity contribution is 5.53. The van der Waals surface area contributed by atoms with Crippen LogP contribution in [0, 0.1) is 0 Å². The molecule has 1 aromatic rings. The average molecular weight is 269 g/mol. The molecule has 0 aliphatic rings. The summed E-state index contributed by atoms with van der Waals surface area (Å²) in [4.78, 5) is 0. The molecular weight excluding hydrogens is 246 g/mol. The summed E-state index contributed by atoms with van der Waals surface area (Å²) in [7, 11) is 4.77. The van der Waals surface area contributed by atoms with Crippen LogP contribution in [0.2, 0.25) is 0 Å². The fourth-order valence-corrected chi connectivity index (χ4v) is 1.84. The van der Waals surface area contributed by atoms with Gasteiger partial charge in [-0.3, -0.25) is 0 Å². The van der Waals surface area contributed by atoms with Gasteiger partial charge in [0.25, 0.3) is 0 Å². The number of aliphatic hydroxyl groups is 1. The summed E-state index contributed by atoms with van der Waals surface area (Å²) in [5, 5.41) is 12.4. The van der Waals surface area contributed by atoms with Crippen molar-refractivity contribution >= 4 is 0 Å².